The van der Waals surface area contributed by atoms with Gasteiger partial charge in [0, 0.05) is 11.7 Å². The third-order valence-corrected chi connectivity index (χ3v) is 4.45. The number of anilines is 1. The molecule has 0 aromatic heterocycles. The first-order chi connectivity index (χ1) is 9.24. The van der Waals surface area contributed by atoms with E-state index in [-0.39, 0.29) is 18.5 Å². The lowest BCUT2D eigenvalue weighted by atomic mass is 10.2. The standard InChI is InChI=1S/C14H22N2O3S/c1-5-12(3)16(20(4,18)19)10-14(17)15-13-8-6-7-11(2)9-13/h6-9,12H,5,10H2,1-4H3,(H,15,17). The van der Waals surface area contributed by atoms with Crippen LogP contribution in [0.5, 0.6) is 0 Å². The summed E-state index contributed by atoms with van der Waals surface area (Å²) in [5, 5.41) is 2.72. The van der Waals surface area contributed by atoms with Crippen molar-refractivity contribution >= 4 is 21.6 Å². The quantitative estimate of drug-likeness (QED) is 0.873. The Hall–Kier alpha value is -1.40. The molecule has 1 amide bonds. The lowest BCUT2D eigenvalue weighted by molar-refractivity contribution is -0.116. The normalized spacial score (nSPS) is 13.2. The lowest BCUT2D eigenvalue weighted by Gasteiger charge is -2.25. The van der Waals surface area contributed by atoms with E-state index in [1.807, 2.05) is 32.0 Å². The average Bonchev–Trinajstić information content (AvgIpc) is 2.33. The molecule has 0 spiro atoms. The van der Waals surface area contributed by atoms with Gasteiger partial charge in [-0.1, -0.05) is 19.1 Å². The van der Waals surface area contributed by atoms with E-state index in [2.05, 4.69) is 5.32 Å². The SMILES string of the molecule is CCC(C)N(CC(=O)Nc1cccc(C)c1)S(C)(=O)=O. The van der Waals surface area contributed by atoms with E-state index in [4.69, 9.17) is 0 Å². The molecule has 20 heavy (non-hydrogen) atoms. The highest BCUT2D eigenvalue weighted by atomic mass is 32.2. The predicted octanol–water partition coefficient (Wildman–Crippen LogP) is 1.99. The highest BCUT2D eigenvalue weighted by Crippen LogP contribution is 2.12. The maximum absolute atomic E-state index is 12.0. The zero-order chi connectivity index (χ0) is 15.3. The van der Waals surface area contributed by atoms with E-state index in [0.717, 1.165) is 11.8 Å². The average molecular weight is 298 g/mol. The highest BCUT2D eigenvalue weighted by molar-refractivity contribution is 7.88. The van der Waals surface area contributed by atoms with E-state index in [9.17, 15) is 13.2 Å². The van der Waals surface area contributed by atoms with Crippen molar-refractivity contribution in [3.8, 4) is 0 Å². The van der Waals surface area contributed by atoms with Gasteiger partial charge in [-0.3, -0.25) is 4.79 Å². The number of amides is 1. The summed E-state index contributed by atoms with van der Waals surface area (Å²) in [7, 11) is -3.40. The summed E-state index contributed by atoms with van der Waals surface area (Å²) in [5.74, 6) is -0.332. The Morgan fingerprint density at radius 3 is 2.55 bits per heavy atom. The van der Waals surface area contributed by atoms with Gasteiger partial charge in [-0.2, -0.15) is 4.31 Å². The molecule has 1 aromatic carbocycles. The molecule has 1 unspecified atom stereocenters. The van der Waals surface area contributed by atoms with Gasteiger partial charge in [0.2, 0.25) is 15.9 Å². The number of carbonyl (C=O) groups excluding carboxylic acids is 1. The zero-order valence-corrected chi connectivity index (χ0v) is 13.2. The van der Waals surface area contributed by atoms with E-state index in [1.54, 1.807) is 13.0 Å². The van der Waals surface area contributed by atoms with Crippen LogP contribution in [0.25, 0.3) is 0 Å². The number of aryl methyl sites for hydroxylation is 1. The second kappa shape index (κ2) is 6.85. The fraction of sp³-hybridized carbons (Fsp3) is 0.500. The summed E-state index contributed by atoms with van der Waals surface area (Å²) in [6, 6.07) is 7.18. The largest absolute Gasteiger partial charge is 0.325 e. The molecule has 0 bridgehead atoms. The van der Waals surface area contributed by atoms with E-state index in [1.165, 1.54) is 4.31 Å². The summed E-state index contributed by atoms with van der Waals surface area (Å²) in [5.41, 5.74) is 1.71. The van der Waals surface area contributed by atoms with Crippen molar-refractivity contribution in [2.24, 2.45) is 0 Å². The van der Waals surface area contributed by atoms with Crippen molar-refractivity contribution in [1.82, 2.24) is 4.31 Å². The van der Waals surface area contributed by atoms with Gasteiger partial charge in [0.25, 0.3) is 0 Å². The molecule has 0 aliphatic carbocycles. The first kappa shape index (κ1) is 16.7. The van der Waals surface area contributed by atoms with Crippen molar-refractivity contribution in [3.63, 3.8) is 0 Å². The van der Waals surface area contributed by atoms with Gasteiger partial charge in [-0.05, 0) is 38.0 Å². The van der Waals surface area contributed by atoms with Crippen molar-refractivity contribution in [2.75, 3.05) is 18.1 Å². The Morgan fingerprint density at radius 1 is 1.40 bits per heavy atom. The minimum absolute atomic E-state index is 0.165. The van der Waals surface area contributed by atoms with E-state index < -0.39 is 10.0 Å². The Kier molecular flexibility index (Phi) is 5.71. The van der Waals surface area contributed by atoms with Gasteiger partial charge < -0.3 is 5.32 Å². The van der Waals surface area contributed by atoms with Crippen LogP contribution < -0.4 is 5.32 Å². The van der Waals surface area contributed by atoms with Crippen molar-refractivity contribution < 1.29 is 13.2 Å². The Morgan fingerprint density at radius 2 is 2.05 bits per heavy atom. The molecule has 1 atom stereocenters. The summed E-state index contributed by atoms with van der Waals surface area (Å²) >= 11 is 0. The molecule has 0 aliphatic rings. The Labute approximate surface area is 121 Å². The smallest absolute Gasteiger partial charge is 0.239 e. The third-order valence-electron chi connectivity index (χ3n) is 3.11. The molecule has 1 N–H and O–H groups in total. The molecule has 1 rings (SSSR count). The van der Waals surface area contributed by atoms with Crippen molar-refractivity contribution in [1.29, 1.82) is 0 Å². The Bertz CT molecular complexity index is 570. The summed E-state index contributed by atoms with van der Waals surface area (Å²) in [6.45, 7) is 5.45. The van der Waals surface area contributed by atoms with Gasteiger partial charge in [-0.25, -0.2) is 8.42 Å². The molecular weight excluding hydrogens is 276 g/mol. The molecule has 0 saturated carbocycles. The number of hydrogen-bond donors (Lipinski definition) is 1. The van der Waals surface area contributed by atoms with E-state index in [0.29, 0.717) is 12.1 Å². The highest BCUT2D eigenvalue weighted by Gasteiger charge is 2.24. The molecule has 0 heterocycles. The Balaban J connectivity index is 2.77. The number of nitrogens with zero attached hydrogens (tertiary/aromatic N) is 1. The number of sulfonamides is 1. The van der Waals surface area contributed by atoms with Crippen molar-refractivity contribution in [3.05, 3.63) is 29.8 Å². The van der Waals surface area contributed by atoms with Crippen LogP contribution >= 0.6 is 0 Å². The molecule has 0 radical (unpaired) electrons. The van der Waals surface area contributed by atoms with Crippen LogP contribution in [0.2, 0.25) is 0 Å². The fourth-order valence-electron chi connectivity index (χ4n) is 1.87. The molecule has 5 nitrogen and oxygen atoms in total. The summed E-state index contributed by atoms with van der Waals surface area (Å²) in [6.07, 6.45) is 1.78. The van der Waals surface area contributed by atoms with Gasteiger partial charge >= 0.3 is 0 Å². The lowest BCUT2D eigenvalue weighted by Crippen LogP contribution is -2.42. The van der Waals surface area contributed by atoms with Crippen LogP contribution in [-0.4, -0.2) is 37.5 Å². The van der Waals surface area contributed by atoms with Crippen LogP contribution in [0, 0.1) is 6.92 Å². The van der Waals surface area contributed by atoms with E-state index >= 15 is 0 Å². The number of carbonyl (C=O) groups is 1. The minimum Gasteiger partial charge on any atom is -0.325 e. The predicted molar refractivity (Wildman–Crippen MR) is 81.1 cm³/mol. The fourth-order valence-corrected chi connectivity index (χ4v) is 3.02. The van der Waals surface area contributed by atoms with Crippen LogP contribution in [0.3, 0.4) is 0 Å². The first-order valence-corrected chi connectivity index (χ1v) is 8.42. The maximum Gasteiger partial charge on any atom is 0.239 e. The van der Waals surface area contributed by atoms with Gasteiger partial charge in [0.1, 0.15) is 0 Å². The van der Waals surface area contributed by atoms with Crippen LogP contribution in [0.15, 0.2) is 24.3 Å². The summed E-state index contributed by atoms with van der Waals surface area (Å²) < 4.78 is 24.7. The molecule has 0 saturated heterocycles. The number of hydrogen-bond acceptors (Lipinski definition) is 3. The molecular formula is C14H22N2O3S. The molecule has 0 fully saturated rings. The van der Waals surface area contributed by atoms with Gasteiger partial charge in [-0.15, -0.1) is 0 Å². The zero-order valence-electron chi connectivity index (χ0n) is 12.4. The molecule has 112 valence electrons. The number of rotatable bonds is 6. The second-order valence-corrected chi connectivity index (χ2v) is 6.92. The number of nitrogens with one attached hydrogen (secondary N) is 1. The maximum atomic E-state index is 12.0. The van der Waals surface area contributed by atoms with Crippen LogP contribution in [-0.2, 0) is 14.8 Å². The molecule has 0 aliphatic heterocycles. The summed E-state index contributed by atoms with van der Waals surface area (Å²) in [4.78, 5) is 12.0. The first-order valence-electron chi connectivity index (χ1n) is 6.57. The minimum atomic E-state index is -3.40. The van der Waals surface area contributed by atoms with Crippen molar-refractivity contribution in [2.45, 2.75) is 33.2 Å². The third kappa shape index (κ3) is 4.94. The van der Waals surface area contributed by atoms with Gasteiger partial charge in [0.15, 0.2) is 0 Å². The topological polar surface area (TPSA) is 66.5 Å². The van der Waals surface area contributed by atoms with Gasteiger partial charge in [0.05, 0.1) is 12.8 Å². The van der Waals surface area contributed by atoms with Crippen LogP contribution in [0.1, 0.15) is 25.8 Å². The number of benzene rings is 1. The molecule has 1 aromatic rings. The second-order valence-electron chi connectivity index (χ2n) is 4.98. The monoisotopic (exact) mass is 298 g/mol. The van der Waals surface area contributed by atoms with Crippen LogP contribution in [0.4, 0.5) is 5.69 Å². The molecule has 6 heteroatoms.